The predicted octanol–water partition coefficient (Wildman–Crippen LogP) is 0.438. The number of carbonyl (C=O) groups excluding carboxylic acids is 1. The van der Waals surface area contributed by atoms with Crippen molar-refractivity contribution in [1.82, 2.24) is 9.97 Å². The van der Waals surface area contributed by atoms with E-state index in [9.17, 15) is 14.0 Å². The molecule has 20 heavy (non-hydrogen) atoms. The monoisotopic (exact) mass is 275 g/mol. The number of aliphatic hydroxyl groups is 1. The molecule has 0 aliphatic heterocycles. The Balaban J connectivity index is 2.29. The van der Waals surface area contributed by atoms with Crippen LogP contribution < -0.4 is 11.0 Å². The van der Waals surface area contributed by atoms with Gasteiger partial charge in [-0.05, 0) is 18.2 Å². The summed E-state index contributed by atoms with van der Waals surface area (Å²) >= 11 is 0. The van der Waals surface area contributed by atoms with Crippen LogP contribution in [0.4, 0.5) is 10.1 Å². The molecule has 1 aromatic carbocycles. The van der Waals surface area contributed by atoms with Crippen molar-refractivity contribution in [2.75, 3.05) is 11.9 Å². The van der Waals surface area contributed by atoms with Crippen molar-refractivity contribution < 1.29 is 14.3 Å². The fraction of sp³-hybridized carbons (Fsp3) is 0.0769. The maximum absolute atomic E-state index is 13.1. The maximum Gasteiger partial charge on any atom is 0.323 e. The van der Waals surface area contributed by atoms with Gasteiger partial charge in [0.2, 0.25) is 0 Å². The van der Waals surface area contributed by atoms with E-state index in [1.165, 1.54) is 18.3 Å². The summed E-state index contributed by atoms with van der Waals surface area (Å²) in [4.78, 5) is 27.4. The van der Waals surface area contributed by atoms with Crippen LogP contribution in [-0.2, 0) is 0 Å². The second kappa shape index (κ2) is 5.86. The summed E-state index contributed by atoms with van der Waals surface area (Å²) in [5.41, 5.74) is 0.0413. The summed E-state index contributed by atoms with van der Waals surface area (Å²) in [6.45, 7) is -0.380. The van der Waals surface area contributed by atoms with Crippen molar-refractivity contribution >= 4 is 11.6 Å². The lowest BCUT2D eigenvalue weighted by Gasteiger charge is -2.06. The van der Waals surface area contributed by atoms with E-state index in [1.54, 1.807) is 0 Å². The molecule has 0 aliphatic carbocycles. The van der Waals surface area contributed by atoms with Crippen LogP contribution >= 0.6 is 0 Å². The van der Waals surface area contributed by atoms with Crippen LogP contribution in [0.1, 0.15) is 16.1 Å². The lowest BCUT2D eigenvalue weighted by Crippen LogP contribution is -2.14. The van der Waals surface area contributed by atoms with Crippen molar-refractivity contribution in [3.8, 4) is 11.8 Å². The molecular weight excluding hydrogens is 265 g/mol. The minimum atomic E-state index is -0.568. The molecule has 0 atom stereocenters. The lowest BCUT2D eigenvalue weighted by molar-refractivity contribution is 0.102. The van der Waals surface area contributed by atoms with E-state index < -0.39 is 17.4 Å². The van der Waals surface area contributed by atoms with Gasteiger partial charge in [0.05, 0.1) is 11.3 Å². The zero-order valence-corrected chi connectivity index (χ0v) is 10.2. The zero-order valence-electron chi connectivity index (χ0n) is 10.2. The highest BCUT2D eigenvalue weighted by Gasteiger charge is 2.10. The average molecular weight is 275 g/mol. The fourth-order valence-corrected chi connectivity index (χ4v) is 1.51. The van der Waals surface area contributed by atoms with Gasteiger partial charge in [0.25, 0.3) is 5.91 Å². The molecule has 0 saturated heterocycles. The molecule has 2 aromatic rings. The summed E-state index contributed by atoms with van der Waals surface area (Å²) in [6, 6.07) is 3.65. The number of nitrogens with one attached hydrogen (secondary N) is 3. The molecule has 4 N–H and O–H groups in total. The van der Waals surface area contributed by atoms with Gasteiger partial charge < -0.3 is 20.4 Å². The first-order chi connectivity index (χ1) is 9.60. The lowest BCUT2D eigenvalue weighted by atomic mass is 10.1. The smallest absolute Gasteiger partial charge is 0.323 e. The van der Waals surface area contributed by atoms with Crippen molar-refractivity contribution in [2.24, 2.45) is 0 Å². The third kappa shape index (κ3) is 3.13. The Morgan fingerprint density at radius 2 is 2.25 bits per heavy atom. The number of anilines is 1. The SMILES string of the molecule is O=C(Nc1ccc(F)cc1C#CCO)c1c[nH]c(=O)[nH]1. The molecule has 0 aliphatic rings. The topological polar surface area (TPSA) is 98.0 Å². The fourth-order valence-electron chi connectivity index (χ4n) is 1.51. The van der Waals surface area contributed by atoms with E-state index in [0.29, 0.717) is 0 Å². The summed E-state index contributed by atoms with van der Waals surface area (Å²) in [5.74, 6) is 3.82. The van der Waals surface area contributed by atoms with Gasteiger partial charge in [0.15, 0.2) is 0 Å². The minimum Gasteiger partial charge on any atom is -0.384 e. The zero-order chi connectivity index (χ0) is 14.5. The highest BCUT2D eigenvalue weighted by molar-refractivity contribution is 6.03. The van der Waals surface area contributed by atoms with Crippen molar-refractivity contribution in [3.63, 3.8) is 0 Å². The van der Waals surface area contributed by atoms with Gasteiger partial charge in [-0.1, -0.05) is 11.8 Å². The van der Waals surface area contributed by atoms with Gasteiger partial charge in [-0.2, -0.15) is 0 Å². The number of H-pyrrole nitrogens is 2. The van der Waals surface area contributed by atoms with Gasteiger partial charge >= 0.3 is 5.69 Å². The number of aromatic nitrogens is 2. The summed E-state index contributed by atoms with van der Waals surface area (Å²) in [6.07, 6.45) is 1.22. The van der Waals surface area contributed by atoms with Crippen LogP contribution in [0.25, 0.3) is 0 Å². The Labute approximate surface area is 112 Å². The number of hydrogen-bond donors (Lipinski definition) is 4. The van der Waals surface area contributed by atoms with Crippen LogP contribution in [0.3, 0.4) is 0 Å². The number of benzene rings is 1. The summed E-state index contributed by atoms with van der Waals surface area (Å²) in [7, 11) is 0. The number of imidazole rings is 1. The molecule has 102 valence electrons. The van der Waals surface area contributed by atoms with E-state index in [0.717, 1.165) is 6.07 Å². The highest BCUT2D eigenvalue weighted by atomic mass is 19.1. The second-order valence-electron chi connectivity index (χ2n) is 3.76. The van der Waals surface area contributed by atoms with E-state index >= 15 is 0 Å². The van der Waals surface area contributed by atoms with Crippen LogP contribution in [0.5, 0.6) is 0 Å². The van der Waals surface area contributed by atoms with Crippen LogP contribution in [0, 0.1) is 17.7 Å². The molecule has 0 radical (unpaired) electrons. The van der Waals surface area contributed by atoms with E-state index in [4.69, 9.17) is 5.11 Å². The molecule has 0 bridgehead atoms. The largest absolute Gasteiger partial charge is 0.384 e. The van der Waals surface area contributed by atoms with Crippen LogP contribution in [0.2, 0.25) is 0 Å². The number of rotatable bonds is 2. The van der Waals surface area contributed by atoms with E-state index in [1.807, 2.05) is 0 Å². The standard InChI is InChI=1S/C13H10FN3O3/c14-9-3-4-10(8(6-9)2-1-5-18)16-12(19)11-7-15-13(20)17-11/h3-4,6-7,18H,5H2,(H,16,19)(H2,15,17,20). The summed E-state index contributed by atoms with van der Waals surface area (Å²) in [5, 5.41) is 11.1. The van der Waals surface area contributed by atoms with Gasteiger partial charge in [-0.25, -0.2) is 9.18 Å². The molecule has 1 heterocycles. The van der Waals surface area contributed by atoms with Gasteiger partial charge in [0, 0.05) is 6.20 Å². The van der Waals surface area contributed by atoms with Gasteiger partial charge in [0.1, 0.15) is 18.1 Å². The maximum atomic E-state index is 13.1. The third-order valence-corrected chi connectivity index (χ3v) is 2.37. The summed E-state index contributed by atoms with van der Waals surface area (Å²) < 4.78 is 13.1. The third-order valence-electron chi connectivity index (χ3n) is 2.37. The van der Waals surface area contributed by atoms with E-state index in [-0.39, 0.29) is 23.6 Å². The Morgan fingerprint density at radius 1 is 1.45 bits per heavy atom. The Hall–Kier alpha value is -2.85. The number of hydrogen-bond acceptors (Lipinski definition) is 3. The Kier molecular flexibility index (Phi) is 3.98. The van der Waals surface area contributed by atoms with E-state index in [2.05, 4.69) is 27.1 Å². The highest BCUT2D eigenvalue weighted by Crippen LogP contribution is 2.16. The Morgan fingerprint density at radius 3 is 2.90 bits per heavy atom. The second-order valence-corrected chi connectivity index (χ2v) is 3.76. The van der Waals surface area contributed by atoms with Gasteiger partial charge in [-0.3, -0.25) is 4.79 Å². The number of aliphatic hydroxyl groups excluding tert-OH is 1. The van der Waals surface area contributed by atoms with Crippen molar-refractivity contribution in [1.29, 1.82) is 0 Å². The minimum absolute atomic E-state index is 0.0420. The van der Waals surface area contributed by atoms with Crippen LogP contribution in [0.15, 0.2) is 29.2 Å². The molecule has 0 saturated carbocycles. The average Bonchev–Trinajstić information content (AvgIpc) is 2.85. The Bertz CT molecular complexity index is 752. The molecule has 1 aromatic heterocycles. The predicted molar refractivity (Wildman–Crippen MR) is 69.7 cm³/mol. The van der Waals surface area contributed by atoms with Gasteiger partial charge in [-0.15, -0.1) is 0 Å². The first kappa shape index (κ1) is 13.6. The normalized spacial score (nSPS) is 9.70. The van der Waals surface area contributed by atoms with Crippen LogP contribution in [-0.4, -0.2) is 27.6 Å². The molecular formula is C13H10FN3O3. The first-order valence-corrected chi connectivity index (χ1v) is 5.58. The molecule has 2 rings (SSSR count). The molecule has 0 fully saturated rings. The van der Waals surface area contributed by atoms with Crippen molar-refractivity contribution in [2.45, 2.75) is 0 Å². The number of carbonyl (C=O) groups is 1. The molecule has 1 amide bonds. The quantitative estimate of drug-likeness (QED) is 0.598. The molecule has 0 unspecified atom stereocenters. The molecule has 6 nitrogen and oxygen atoms in total. The number of halogens is 1. The van der Waals surface area contributed by atoms with Crippen molar-refractivity contribution in [3.05, 3.63) is 52.0 Å². The first-order valence-electron chi connectivity index (χ1n) is 5.58. The number of aromatic amines is 2. The molecule has 0 spiro atoms. The molecule has 7 heteroatoms. The number of amides is 1.